The number of halogens is 1. The van der Waals surface area contributed by atoms with Crippen molar-refractivity contribution in [3.63, 3.8) is 0 Å². The monoisotopic (exact) mass is 465 g/mol. The molecule has 0 aliphatic rings. The quantitative estimate of drug-likeness (QED) is 0.409. The lowest BCUT2D eigenvalue weighted by Crippen LogP contribution is -2.18. The number of ketones is 1. The Bertz CT molecular complexity index is 1030. The zero-order chi connectivity index (χ0) is 23.8. The lowest BCUT2D eigenvalue weighted by molar-refractivity contribution is -0.116. The van der Waals surface area contributed by atoms with Gasteiger partial charge in [-0.3, -0.25) is 14.9 Å². The molecule has 10 heteroatoms. The third-order valence-corrected chi connectivity index (χ3v) is 4.57. The van der Waals surface area contributed by atoms with Gasteiger partial charge in [-0.05, 0) is 39.0 Å². The first-order valence-corrected chi connectivity index (χ1v) is 10.2. The molecule has 1 aromatic carbocycles. The highest BCUT2D eigenvalue weighted by Gasteiger charge is 2.31. The SMILES string of the molecule is CCOC(=O)c1c(C)oc(NC(=O)CCC(=O)c2cc(Cl)ccc2OC)c1C(=O)OCC. The highest BCUT2D eigenvalue weighted by Crippen LogP contribution is 2.29. The largest absolute Gasteiger partial charge is 0.496 e. The first-order valence-electron chi connectivity index (χ1n) is 9.87. The molecule has 0 saturated carbocycles. The molecule has 0 aliphatic heterocycles. The zero-order valence-electron chi connectivity index (χ0n) is 18.2. The van der Waals surface area contributed by atoms with Crippen molar-refractivity contribution < 1.29 is 37.8 Å². The van der Waals surface area contributed by atoms with Crippen LogP contribution in [0.1, 0.15) is 63.5 Å². The maximum atomic E-state index is 12.5. The molecule has 1 aromatic heterocycles. The molecule has 172 valence electrons. The van der Waals surface area contributed by atoms with Crippen molar-refractivity contribution in [2.75, 3.05) is 25.6 Å². The minimum Gasteiger partial charge on any atom is -0.496 e. The number of ether oxygens (including phenoxy) is 3. The van der Waals surface area contributed by atoms with Gasteiger partial charge in [0.1, 0.15) is 22.6 Å². The van der Waals surface area contributed by atoms with Gasteiger partial charge in [0.25, 0.3) is 0 Å². The van der Waals surface area contributed by atoms with Crippen molar-refractivity contribution in [1.82, 2.24) is 0 Å². The fourth-order valence-corrected chi connectivity index (χ4v) is 3.10. The molecule has 0 aliphatic carbocycles. The van der Waals surface area contributed by atoms with E-state index in [4.69, 9.17) is 30.2 Å². The Morgan fingerprint density at radius 3 is 2.22 bits per heavy atom. The zero-order valence-corrected chi connectivity index (χ0v) is 19.0. The summed E-state index contributed by atoms with van der Waals surface area (Å²) in [5, 5.41) is 2.79. The molecule has 2 rings (SSSR count). The number of Topliss-reactive ketones (excluding diaryl/α,β-unsaturated/α-hetero) is 1. The minimum atomic E-state index is -0.845. The molecule has 9 nitrogen and oxygen atoms in total. The van der Waals surface area contributed by atoms with E-state index in [1.807, 2.05) is 0 Å². The number of amides is 1. The first kappa shape index (κ1) is 24.9. The van der Waals surface area contributed by atoms with Crippen LogP contribution in [0, 0.1) is 6.92 Å². The van der Waals surface area contributed by atoms with E-state index in [1.54, 1.807) is 26.0 Å². The molecule has 1 N–H and O–H groups in total. The summed E-state index contributed by atoms with van der Waals surface area (Å²) in [6.45, 7) is 4.81. The molecule has 0 radical (unpaired) electrons. The summed E-state index contributed by atoms with van der Waals surface area (Å²) in [5.74, 6) is -2.40. The number of esters is 2. The summed E-state index contributed by atoms with van der Waals surface area (Å²) in [5.41, 5.74) is -0.113. The third kappa shape index (κ3) is 5.88. The van der Waals surface area contributed by atoms with Gasteiger partial charge in [-0.25, -0.2) is 9.59 Å². The van der Waals surface area contributed by atoms with Crippen LogP contribution in [0.25, 0.3) is 0 Å². The van der Waals surface area contributed by atoms with Gasteiger partial charge in [-0.15, -0.1) is 0 Å². The predicted octanol–water partition coefficient (Wildman–Crippen LogP) is 4.21. The Balaban J connectivity index is 2.20. The minimum absolute atomic E-state index is 0.0503. The normalized spacial score (nSPS) is 10.4. The molecule has 0 unspecified atom stereocenters. The number of benzene rings is 1. The fraction of sp³-hybridized carbons (Fsp3) is 0.364. The van der Waals surface area contributed by atoms with Crippen LogP contribution in [0.4, 0.5) is 5.88 Å². The van der Waals surface area contributed by atoms with Crippen LogP contribution in [0.15, 0.2) is 22.6 Å². The Kier molecular flexibility index (Phi) is 8.83. The number of aryl methyl sites for hydroxylation is 1. The summed E-state index contributed by atoms with van der Waals surface area (Å²) in [7, 11) is 1.42. The van der Waals surface area contributed by atoms with E-state index in [1.165, 1.54) is 20.1 Å². The number of hydrogen-bond acceptors (Lipinski definition) is 8. The number of hydrogen-bond donors (Lipinski definition) is 1. The Morgan fingerprint density at radius 1 is 1.00 bits per heavy atom. The number of carbonyl (C=O) groups is 4. The molecule has 1 heterocycles. The number of nitrogens with one attached hydrogen (secondary N) is 1. The molecule has 0 fully saturated rings. The Morgan fingerprint density at radius 2 is 1.62 bits per heavy atom. The Hall–Kier alpha value is -3.33. The number of anilines is 1. The van der Waals surface area contributed by atoms with E-state index in [9.17, 15) is 19.2 Å². The lowest BCUT2D eigenvalue weighted by Gasteiger charge is -2.09. The topological polar surface area (TPSA) is 121 Å². The maximum absolute atomic E-state index is 12.5. The van der Waals surface area contributed by atoms with Gasteiger partial charge in [0.2, 0.25) is 11.8 Å². The van der Waals surface area contributed by atoms with Gasteiger partial charge in [0, 0.05) is 17.9 Å². The molecule has 2 aromatic rings. The number of rotatable bonds is 10. The van der Waals surface area contributed by atoms with Crippen molar-refractivity contribution in [2.45, 2.75) is 33.6 Å². The van der Waals surface area contributed by atoms with E-state index >= 15 is 0 Å². The number of carbonyl (C=O) groups excluding carboxylic acids is 4. The van der Waals surface area contributed by atoms with Crippen molar-refractivity contribution in [2.24, 2.45) is 0 Å². The highest BCUT2D eigenvalue weighted by molar-refractivity contribution is 6.31. The second-order valence-electron chi connectivity index (χ2n) is 6.49. The van der Waals surface area contributed by atoms with Gasteiger partial charge < -0.3 is 18.6 Å². The van der Waals surface area contributed by atoms with Crippen molar-refractivity contribution in [1.29, 1.82) is 0 Å². The summed E-state index contributed by atoms with van der Waals surface area (Å²) >= 11 is 5.94. The molecule has 32 heavy (non-hydrogen) atoms. The van der Waals surface area contributed by atoms with E-state index in [0.717, 1.165) is 0 Å². The highest BCUT2D eigenvalue weighted by atomic mass is 35.5. The van der Waals surface area contributed by atoms with Gasteiger partial charge in [-0.2, -0.15) is 0 Å². The summed E-state index contributed by atoms with van der Waals surface area (Å²) in [4.78, 5) is 49.7. The van der Waals surface area contributed by atoms with Crippen LogP contribution >= 0.6 is 11.6 Å². The fourth-order valence-electron chi connectivity index (χ4n) is 2.93. The van der Waals surface area contributed by atoms with E-state index in [2.05, 4.69) is 5.32 Å². The van der Waals surface area contributed by atoms with Crippen molar-refractivity contribution >= 4 is 41.1 Å². The molecule has 0 saturated heterocycles. The van der Waals surface area contributed by atoms with Gasteiger partial charge >= 0.3 is 11.9 Å². The average molecular weight is 466 g/mol. The van der Waals surface area contributed by atoms with Crippen LogP contribution in [0.2, 0.25) is 5.02 Å². The molecular weight excluding hydrogens is 442 g/mol. The molecule has 0 bridgehead atoms. The summed E-state index contributed by atoms with van der Waals surface area (Å²) in [6, 6.07) is 4.60. The van der Waals surface area contributed by atoms with Crippen LogP contribution in [-0.2, 0) is 14.3 Å². The van der Waals surface area contributed by atoms with Gasteiger partial charge in [-0.1, -0.05) is 11.6 Å². The van der Waals surface area contributed by atoms with E-state index < -0.39 is 17.8 Å². The van der Waals surface area contributed by atoms with Crippen molar-refractivity contribution in [3.05, 3.63) is 45.7 Å². The smallest absolute Gasteiger partial charge is 0.344 e. The second kappa shape index (κ2) is 11.3. The first-order chi connectivity index (χ1) is 15.2. The van der Waals surface area contributed by atoms with Crippen LogP contribution in [0.3, 0.4) is 0 Å². The average Bonchev–Trinajstić information content (AvgIpc) is 3.07. The molecule has 0 spiro atoms. The lowest BCUT2D eigenvalue weighted by atomic mass is 10.1. The van der Waals surface area contributed by atoms with Gasteiger partial charge in [0.15, 0.2) is 5.78 Å². The Labute approximate surface area is 190 Å². The van der Waals surface area contributed by atoms with Gasteiger partial charge in [0.05, 0.1) is 25.9 Å². The predicted molar refractivity (Wildman–Crippen MR) is 116 cm³/mol. The number of furan rings is 1. The van der Waals surface area contributed by atoms with E-state index in [-0.39, 0.29) is 60.2 Å². The molecule has 0 atom stereocenters. The van der Waals surface area contributed by atoms with Crippen molar-refractivity contribution in [3.8, 4) is 5.75 Å². The molecular formula is C22H24ClNO8. The molecule has 1 amide bonds. The third-order valence-electron chi connectivity index (χ3n) is 4.34. The number of methoxy groups -OCH3 is 1. The van der Waals surface area contributed by atoms with Crippen LogP contribution in [-0.4, -0.2) is 44.0 Å². The standard InChI is InChI=1S/C22H24ClNO8/c1-5-30-21(27)18-12(3)32-20(19(18)22(28)31-6-2)24-17(26)10-8-15(25)14-11-13(23)7-9-16(14)29-4/h7,9,11H,5-6,8,10H2,1-4H3,(H,24,26). The van der Waals surface area contributed by atoms with E-state index in [0.29, 0.717) is 10.8 Å². The van der Waals surface area contributed by atoms with Crippen LogP contribution in [0.5, 0.6) is 5.75 Å². The van der Waals surface area contributed by atoms with Crippen LogP contribution < -0.4 is 10.1 Å². The second-order valence-corrected chi connectivity index (χ2v) is 6.93. The summed E-state index contributed by atoms with van der Waals surface area (Å²) in [6.07, 6.45) is -0.368. The summed E-state index contributed by atoms with van der Waals surface area (Å²) < 4.78 is 20.6. The maximum Gasteiger partial charge on any atom is 0.344 e.